The number of carbonyl (C=O) groups is 2. The minimum absolute atomic E-state index is 0.0879. The van der Waals surface area contributed by atoms with Crippen LogP contribution < -0.4 is 0 Å². The highest BCUT2D eigenvalue weighted by atomic mass is 16.6. The van der Waals surface area contributed by atoms with Crippen molar-refractivity contribution >= 4 is 17.6 Å². The number of Topliss-reactive ketones (excluding diaryl/α,β-unsaturated/α-hetero) is 2. The molecule has 236 valence electrons. The summed E-state index contributed by atoms with van der Waals surface area (Å²) in [7, 11) is 0. The van der Waals surface area contributed by atoms with Gasteiger partial charge in [-0.05, 0) is 23.8 Å². The average Bonchev–Trinajstić information content (AvgIpc) is 2.98. The van der Waals surface area contributed by atoms with E-state index in [0.717, 1.165) is 6.08 Å². The summed E-state index contributed by atoms with van der Waals surface area (Å²) in [4.78, 5) is 27.6. The molecule has 0 amide bonds. The standard InChI is InChI=1S/C27H32O16/c28-7-12-16(32)19(35)21(37)23(42-12)15-18(34)14(11(31)6-3-9-1-4-10(30)5-2-9)24(39)27(41,25(15)40)26-22(38)20(36)17(33)13(8-29)43-26/h1-6,12-13,16-17,19-23,26,28-38,41H,7-8H2/b6-3+,14-11?/t12-,13-,16+,17+,19+,20+,21+,22+,23-,26+,27-/m0/s1. The molecule has 0 radical (unpaired) electrons. The lowest BCUT2D eigenvalue weighted by Gasteiger charge is -2.48. The summed E-state index contributed by atoms with van der Waals surface area (Å²) >= 11 is 0. The minimum Gasteiger partial charge on any atom is -0.508 e. The number of benzene rings is 1. The Hall–Kier alpha value is -3.26. The summed E-state index contributed by atoms with van der Waals surface area (Å²) in [5.74, 6) is -6.12. The van der Waals surface area contributed by atoms with Crippen molar-refractivity contribution in [2.45, 2.75) is 66.6 Å². The average molecular weight is 613 g/mol. The molecule has 1 aromatic carbocycles. The zero-order chi connectivity index (χ0) is 32.0. The lowest BCUT2D eigenvalue weighted by atomic mass is 9.69. The van der Waals surface area contributed by atoms with E-state index in [9.17, 15) is 70.9 Å². The third kappa shape index (κ3) is 5.47. The number of aromatic hydroxyl groups is 1. The maximum atomic E-state index is 13.9. The van der Waals surface area contributed by atoms with Gasteiger partial charge in [-0.2, -0.15) is 0 Å². The molecule has 43 heavy (non-hydrogen) atoms. The van der Waals surface area contributed by atoms with Crippen LogP contribution in [0.15, 0.2) is 53.0 Å². The normalized spacial score (nSPS) is 40.3. The summed E-state index contributed by atoms with van der Waals surface area (Å²) in [6.45, 7) is -1.99. The van der Waals surface area contributed by atoms with E-state index in [2.05, 4.69) is 0 Å². The Bertz CT molecular complexity index is 1320. The number of carbonyl (C=O) groups excluding carboxylic acids is 2. The lowest BCUT2D eigenvalue weighted by Crippen LogP contribution is -2.72. The van der Waals surface area contributed by atoms with Gasteiger partial charge in [0, 0.05) is 0 Å². The van der Waals surface area contributed by atoms with Gasteiger partial charge in [0.05, 0.1) is 18.8 Å². The number of hydrogen-bond donors (Lipinski definition) is 12. The van der Waals surface area contributed by atoms with E-state index in [1.165, 1.54) is 30.3 Å². The molecule has 2 saturated heterocycles. The van der Waals surface area contributed by atoms with Crippen LogP contribution in [0.25, 0.3) is 6.08 Å². The van der Waals surface area contributed by atoms with Gasteiger partial charge in [0.15, 0.2) is 0 Å². The summed E-state index contributed by atoms with van der Waals surface area (Å²) < 4.78 is 10.6. The molecule has 11 atom stereocenters. The molecule has 0 aromatic heterocycles. The van der Waals surface area contributed by atoms with Crippen molar-refractivity contribution in [2.75, 3.05) is 13.2 Å². The zero-order valence-electron chi connectivity index (χ0n) is 22.2. The summed E-state index contributed by atoms with van der Waals surface area (Å²) in [5, 5.41) is 125. The molecule has 1 aromatic rings. The first-order valence-electron chi connectivity index (χ1n) is 13.0. The molecule has 0 unspecified atom stereocenters. The molecule has 0 spiro atoms. The van der Waals surface area contributed by atoms with Gasteiger partial charge in [-0.1, -0.05) is 18.2 Å². The first kappa shape index (κ1) is 32.6. The monoisotopic (exact) mass is 612 g/mol. The number of aliphatic hydroxyl groups excluding tert-OH is 10. The Morgan fingerprint density at radius 3 is 1.86 bits per heavy atom. The minimum atomic E-state index is -3.63. The van der Waals surface area contributed by atoms with E-state index in [-0.39, 0.29) is 5.75 Å². The van der Waals surface area contributed by atoms with Gasteiger partial charge in [-0.15, -0.1) is 0 Å². The Morgan fingerprint density at radius 2 is 1.30 bits per heavy atom. The van der Waals surface area contributed by atoms with Crippen LogP contribution in [0.4, 0.5) is 0 Å². The Morgan fingerprint density at radius 1 is 0.767 bits per heavy atom. The van der Waals surface area contributed by atoms with Crippen molar-refractivity contribution in [1.29, 1.82) is 0 Å². The second-order valence-electron chi connectivity index (χ2n) is 10.4. The van der Waals surface area contributed by atoms with Gasteiger partial charge in [0.2, 0.25) is 17.2 Å². The molecule has 0 bridgehead atoms. The first-order chi connectivity index (χ1) is 20.2. The molecule has 16 nitrogen and oxygen atoms in total. The quantitative estimate of drug-likeness (QED) is 0.0820. The van der Waals surface area contributed by atoms with E-state index in [4.69, 9.17) is 9.47 Å². The van der Waals surface area contributed by atoms with Crippen LogP contribution in [-0.4, -0.2) is 153 Å². The molecule has 2 aliphatic heterocycles. The predicted octanol–water partition coefficient (Wildman–Crippen LogP) is -4.40. The van der Waals surface area contributed by atoms with Crippen molar-refractivity contribution in [1.82, 2.24) is 0 Å². The van der Waals surface area contributed by atoms with Crippen molar-refractivity contribution in [2.24, 2.45) is 0 Å². The van der Waals surface area contributed by atoms with E-state index in [1.54, 1.807) is 0 Å². The molecule has 2 fully saturated rings. The van der Waals surface area contributed by atoms with E-state index >= 15 is 0 Å². The highest BCUT2D eigenvalue weighted by molar-refractivity contribution is 6.28. The fourth-order valence-corrected chi connectivity index (χ4v) is 5.24. The number of phenols is 1. The lowest BCUT2D eigenvalue weighted by molar-refractivity contribution is -0.261. The molecule has 3 aliphatic rings. The van der Waals surface area contributed by atoms with Crippen molar-refractivity contribution in [3.63, 3.8) is 0 Å². The number of phenolic OH excluding ortho intramolecular Hbond substituents is 1. The van der Waals surface area contributed by atoms with Crippen molar-refractivity contribution < 1.29 is 80.3 Å². The summed E-state index contributed by atoms with van der Waals surface area (Å²) in [5.41, 5.74) is -5.62. The second-order valence-corrected chi connectivity index (χ2v) is 10.4. The maximum absolute atomic E-state index is 13.9. The summed E-state index contributed by atoms with van der Waals surface area (Å²) in [6, 6.07) is 5.38. The van der Waals surface area contributed by atoms with Gasteiger partial charge in [-0.3, -0.25) is 9.59 Å². The van der Waals surface area contributed by atoms with Crippen LogP contribution >= 0.6 is 0 Å². The second kappa shape index (κ2) is 12.4. The van der Waals surface area contributed by atoms with E-state index in [1.807, 2.05) is 0 Å². The van der Waals surface area contributed by atoms with Crippen LogP contribution in [0.5, 0.6) is 5.75 Å². The van der Waals surface area contributed by atoms with Gasteiger partial charge in [-0.25, -0.2) is 0 Å². The molecular weight excluding hydrogens is 580 g/mol. The highest BCUT2D eigenvalue weighted by Gasteiger charge is 2.65. The van der Waals surface area contributed by atoms with Crippen molar-refractivity contribution in [3.8, 4) is 5.75 Å². The fourth-order valence-electron chi connectivity index (χ4n) is 5.24. The molecule has 16 heteroatoms. The highest BCUT2D eigenvalue weighted by Crippen LogP contribution is 2.42. The molecule has 1 aliphatic carbocycles. The van der Waals surface area contributed by atoms with Gasteiger partial charge in [0.1, 0.15) is 83.9 Å². The zero-order valence-corrected chi connectivity index (χ0v) is 22.2. The van der Waals surface area contributed by atoms with Crippen LogP contribution in [0, 0.1) is 0 Å². The Labute approximate surface area is 242 Å². The number of ketones is 2. The van der Waals surface area contributed by atoms with Crippen molar-refractivity contribution in [3.05, 3.63) is 58.6 Å². The number of allylic oxidation sites excluding steroid dienone is 2. The van der Waals surface area contributed by atoms with Crippen LogP contribution in [-0.2, 0) is 19.1 Å². The number of hydrogen-bond acceptors (Lipinski definition) is 16. The first-order valence-corrected chi connectivity index (χ1v) is 13.0. The maximum Gasteiger partial charge on any atom is 0.219 e. The molecule has 12 N–H and O–H groups in total. The molecule has 4 rings (SSSR count). The van der Waals surface area contributed by atoms with Crippen LogP contribution in [0.3, 0.4) is 0 Å². The number of rotatable bonds is 6. The Balaban J connectivity index is 1.92. The van der Waals surface area contributed by atoms with E-state index in [0.29, 0.717) is 5.56 Å². The SMILES string of the molecule is O=C1C(=C(O)/C=C/c2ccc(O)cc2)C(O)=C([C@@H]2O[C@@H](CO)[C@@H](O)[C@@H](O)[C@H]2O)C(=O)[C@]1(O)[C@@H]1O[C@@H](CO)[C@@H](O)[C@@H](O)[C@H]1O. The Kier molecular flexibility index (Phi) is 9.41. The largest absolute Gasteiger partial charge is 0.508 e. The van der Waals surface area contributed by atoms with E-state index < -0.39 is 114 Å². The summed E-state index contributed by atoms with van der Waals surface area (Å²) in [6.07, 6.45) is -18.7. The topological polar surface area (TPSA) is 295 Å². The fraction of sp³-hybridized carbons (Fsp3) is 0.481. The number of aliphatic hydroxyl groups is 11. The predicted molar refractivity (Wildman–Crippen MR) is 139 cm³/mol. The van der Waals surface area contributed by atoms with Gasteiger partial charge in [0.25, 0.3) is 0 Å². The number of ether oxygens (including phenoxy) is 2. The van der Waals surface area contributed by atoms with Crippen LogP contribution in [0.1, 0.15) is 5.56 Å². The molecule has 0 saturated carbocycles. The third-order valence-electron chi connectivity index (χ3n) is 7.72. The van der Waals surface area contributed by atoms with Gasteiger partial charge < -0.3 is 70.8 Å². The smallest absolute Gasteiger partial charge is 0.219 e. The van der Waals surface area contributed by atoms with Crippen LogP contribution in [0.2, 0.25) is 0 Å². The van der Waals surface area contributed by atoms with Gasteiger partial charge >= 0.3 is 0 Å². The molecular formula is C27H32O16. The molecule has 2 heterocycles. The third-order valence-corrected chi connectivity index (χ3v) is 7.72.